The molecular formula is C13H21ClN2O2. The van der Waals surface area contributed by atoms with Gasteiger partial charge in [-0.25, -0.2) is 0 Å². The Morgan fingerprint density at radius 1 is 1.33 bits per heavy atom. The highest BCUT2D eigenvalue weighted by Gasteiger charge is 2.04. The van der Waals surface area contributed by atoms with Gasteiger partial charge in [-0.3, -0.25) is 4.79 Å². The lowest BCUT2D eigenvalue weighted by molar-refractivity contribution is -0.121. The number of ether oxygens (including phenoxy) is 1. The van der Waals surface area contributed by atoms with E-state index in [-0.39, 0.29) is 18.3 Å². The van der Waals surface area contributed by atoms with E-state index < -0.39 is 0 Å². The molecular weight excluding hydrogens is 252 g/mol. The first kappa shape index (κ1) is 16.7. The Hall–Kier alpha value is -1.26. The molecule has 1 aromatic rings. The van der Waals surface area contributed by atoms with Crippen LogP contribution in [0.25, 0.3) is 0 Å². The van der Waals surface area contributed by atoms with E-state index in [1.807, 2.05) is 38.2 Å². The number of halogens is 1. The average Bonchev–Trinajstić information content (AvgIpc) is 2.35. The third-order valence-electron chi connectivity index (χ3n) is 2.35. The van der Waals surface area contributed by atoms with Gasteiger partial charge in [0.05, 0.1) is 6.61 Å². The fraction of sp³-hybridized carbons (Fsp3) is 0.462. The maximum atomic E-state index is 11.5. The Balaban J connectivity index is 0.00000289. The monoisotopic (exact) mass is 272 g/mol. The molecule has 0 aromatic heterocycles. The molecule has 0 aliphatic heterocycles. The van der Waals surface area contributed by atoms with Crippen LogP contribution < -0.4 is 15.4 Å². The van der Waals surface area contributed by atoms with Crippen LogP contribution in [0.15, 0.2) is 24.3 Å². The summed E-state index contributed by atoms with van der Waals surface area (Å²) in [4.78, 5) is 11.5. The molecule has 1 amide bonds. The van der Waals surface area contributed by atoms with Crippen LogP contribution in [0, 0.1) is 0 Å². The van der Waals surface area contributed by atoms with Crippen molar-refractivity contribution in [1.29, 1.82) is 0 Å². The van der Waals surface area contributed by atoms with Crippen LogP contribution in [-0.4, -0.2) is 26.1 Å². The fourth-order valence-electron chi connectivity index (χ4n) is 1.47. The van der Waals surface area contributed by atoms with E-state index in [1.165, 1.54) is 0 Å². The summed E-state index contributed by atoms with van der Waals surface area (Å²) in [5, 5.41) is 5.82. The molecule has 0 bridgehead atoms. The van der Waals surface area contributed by atoms with Gasteiger partial charge in [-0.2, -0.15) is 0 Å². The number of rotatable bonds is 7. The second-order valence-electron chi connectivity index (χ2n) is 3.67. The summed E-state index contributed by atoms with van der Waals surface area (Å²) in [6, 6.07) is 7.75. The van der Waals surface area contributed by atoms with Gasteiger partial charge in [0.15, 0.2) is 0 Å². The predicted octanol–water partition coefficient (Wildman–Crippen LogP) is 1.73. The minimum atomic E-state index is 0. The zero-order chi connectivity index (χ0) is 12.5. The molecule has 0 spiro atoms. The minimum Gasteiger partial charge on any atom is -0.494 e. The quantitative estimate of drug-likeness (QED) is 0.795. The Bertz CT molecular complexity index is 359. The Labute approximate surface area is 115 Å². The third-order valence-corrected chi connectivity index (χ3v) is 2.35. The second-order valence-corrected chi connectivity index (χ2v) is 3.67. The third kappa shape index (κ3) is 5.89. The molecule has 0 saturated carbocycles. The van der Waals surface area contributed by atoms with Gasteiger partial charge in [-0.05, 0) is 20.0 Å². The molecule has 18 heavy (non-hydrogen) atoms. The molecule has 0 radical (unpaired) electrons. The first-order valence-corrected chi connectivity index (χ1v) is 5.90. The number of para-hydroxylation sites is 1. The van der Waals surface area contributed by atoms with Crippen LogP contribution in [-0.2, 0) is 11.3 Å². The molecule has 0 fully saturated rings. The zero-order valence-corrected chi connectivity index (χ0v) is 11.7. The summed E-state index contributed by atoms with van der Waals surface area (Å²) in [6.07, 6.45) is 0.493. The van der Waals surface area contributed by atoms with E-state index in [9.17, 15) is 4.79 Å². The lowest BCUT2D eigenvalue weighted by Gasteiger charge is -2.10. The van der Waals surface area contributed by atoms with Gasteiger partial charge in [0.2, 0.25) is 5.91 Å². The van der Waals surface area contributed by atoms with Crippen molar-refractivity contribution in [1.82, 2.24) is 10.6 Å². The highest BCUT2D eigenvalue weighted by molar-refractivity contribution is 5.85. The molecule has 0 aliphatic rings. The molecule has 2 N–H and O–H groups in total. The predicted molar refractivity (Wildman–Crippen MR) is 75.2 cm³/mol. The Morgan fingerprint density at radius 2 is 2.06 bits per heavy atom. The van der Waals surface area contributed by atoms with Crippen molar-refractivity contribution in [2.45, 2.75) is 19.9 Å². The van der Waals surface area contributed by atoms with Crippen molar-refractivity contribution >= 4 is 18.3 Å². The van der Waals surface area contributed by atoms with Crippen LogP contribution >= 0.6 is 12.4 Å². The van der Waals surface area contributed by atoms with Gasteiger partial charge in [-0.1, -0.05) is 18.2 Å². The summed E-state index contributed by atoms with van der Waals surface area (Å²) >= 11 is 0. The normalized spacial score (nSPS) is 9.44. The standard InChI is InChI=1S/C13H20N2O2.ClH/c1-3-17-12-7-5-4-6-11(12)10-15-13(16)8-9-14-2;/h4-7,14H,3,8-10H2,1-2H3,(H,15,16);1H. The SMILES string of the molecule is CCOc1ccccc1CNC(=O)CCNC.Cl. The van der Waals surface area contributed by atoms with Crippen molar-refractivity contribution < 1.29 is 9.53 Å². The molecule has 5 heteroatoms. The number of carbonyl (C=O) groups excluding carboxylic acids is 1. The molecule has 102 valence electrons. The Morgan fingerprint density at radius 3 is 2.72 bits per heavy atom. The molecule has 0 unspecified atom stereocenters. The van der Waals surface area contributed by atoms with E-state index in [0.717, 1.165) is 11.3 Å². The average molecular weight is 273 g/mol. The van der Waals surface area contributed by atoms with Crippen LogP contribution in [0.4, 0.5) is 0 Å². The van der Waals surface area contributed by atoms with Crippen LogP contribution in [0.1, 0.15) is 18.9 Å². The highest BCUT2D eigenvalue weighted by atomic mass is 35.5. The molecule has 4 nitrogen and oxygen atoms in total. The van der Waals surface area contributed by atoms with Gasteiger partial charge in [0, 0.05) is 25.1 Å². The van der Waals surface area contributed by atoms with Gasteiger partial charge >= 0.3 is 0 Å². The maximum Gasteiger partial charge on any atom is 0.221 e. The Kier molecular flexibility index (Phi) is 9.06. The van der Waals surface area contributed by atoms with Gasteiger partial charge in [0.1, 0.15) is 5.75 Å². The first-order chi connectivity index (χ1) is 8.27. The fourth-order valence-corrected chi connectivity index (χ4v) is 1.47. The number of hydrogen-bond donors (Lipinski definition) is 2. The van der Waals surface area contributed by atoms with Gasteiger partial charge in [0.25, 0.3) is 0 Å². The summed E-state index contributed by atoms with van der Waals surface area (Å²) in [5.41, 5.74) is 1.01. The van der Waals surface area contributed by atoms with Crippen molar-refractivity contribution in [3.8, 4) is 5.75 Å². The van der Waals surface area contributed by atoms with E-state index in [2.05, 4.69) is 10.6 Å². The lowest BCUT2D eigenvalue weighted by Crippen LogP contribution is -2.26. The molecule has 0 atom stereocenters. The van der Waals surface area contributed by atoms with Crippen molar-refractivity contribution in [3.05, 3.63) is 29.8 Å². The van der Waals surface area contributed by atoms with E-state index in [0.29, 0.717) is 26.1 Å². The number of amides is 1. The topological polar surface area (TPSA) is 50.4 Å². The van der Waals surface area contributed by atoms with E-state index in [4.69, 9.17) is 4.74 Å². The highest BCUT2D eigenvalue weighted by Crippen LogP contribution is 2.17. The molecule has 1 aromatic carbocycles. The summed E-state index contributed by atoms with van der Waals surface area (Å²) < 4.78 is 5.49. The minimum absolute atomic E-state index is 0. The maximum absolute atomic E-state index is 11.5. The largest absolute Gasteiger partial charge is 0.494 e. The smallest absolute Gasteiger partial charge is 0.221 e. The van der Waals surface area contributed by atoms with Crippen molar-refractivity contribution in [3.63, 3.8) is 0 Å². The van der Waals surface area contributed by atoms with Gasteiger partial charge in [-0.15, -0.1) is 12.4 Å². The number of carbonyl (C=O) groups is 1. The van der Waals surface area contributed by atoms with Crippen molar-refractivity contribution in [2.75, 3.05) is 20.2 Å². The summed E-state index contributed by atoms with van der Waals surface area (Å²) in [7, 11) is 1.83. The zero-order valence-electron chi connectivity index (χ0n) is 10.9. The lowest BCUT2D eigenvalue weighted by atomic mass is 10.2. The molecule has 1 rings (SSSR count). The summed E-state index contributed by atoms with van der Waals surface area (Å²) in [5.74, 6) is 0.884. The van der Waals surface area contributed by atoms with Crippen LogP contribution in [0.3, 0.4) is 0 Å². The van der Waals surface area contributed by atoms with E-state index >= 15 is 0 Å². The van der Waals surface area contributed by atoms with E-state index in [1.54, 1.807) is 0 Å². The second kappa shape index (κ2) is 9.74. The number of benzene rings is 1. The molecule has 0 saturated heterocycles. The first-order valence-electron chi connectivity index (χ1n) is 5.90. The van der Waals surface area contributed by atoms with Crippen LogP contribution in [0.2, 0.25) is 0 Å². The molecule has 0 aliphatic carbocycles. The molecule has 0 heterocycles. The van der Waals surface area contributed by atoms with Gasteiger partial charge < -0.3 is 15.4 Å². The van der Waals surface area contributed by atoms with Crippen molar-refractivity contribution in [2.24, 2.45) is 0 Å². The van der Waals surface area contributed by atoms with Crippen LogP contribution in [0.5, 0.6) is 5.75 Å². The summed E-state index contributed by atoms with van der Waals surface area (Å²) in [6.45, 7) is 3.78. The number of hydrogen-bond acceptors (Lipinski definition) is 3. The number of nitrogens with one attached hydrogen (secondary N) is 2.